The topological polar surface area (TPSA) is 53.4 Å². The summed E-state index contributed by atoms with van der Waals surface area (Å²) < 4.78 is 37.7. The highest BCUT2D eigenvalue weighted by Crippen LogP contribution is 2.31. The van der Waals surface area contributed by atoms with Gasteiger partial charge in [0, 0.05) is 13.1 Å². The molecule has 0 radical (unpaired) electrons. The molecule has 2 rings (SSSR count). The van der Waals surface area contributed by atoms with Crippen molar-refractivity contribution < 1.29 is 23.1 Å². The van der Waals surface area contributed by atoms with Crippen LogP contribution in [0.15, 0.2) is 18.2 Å². The van der Waals surface area contributed by atoms with E-state index in [9.17, 15) is 18.0 Å². The molecule has 0 aromatic carbocycles. The number of rotatable bonds is 2. The van der Waals surface area contributed by atoms with Crippen molar-refractivity contribution in [1.82, 2.24) is 4.98 Å². The van der Waals surface area contributed by atoms with Crippen molar-refractivity contribution in [2.75, 3.05) is 18.0 Å². The lowest BCUT2D eigenvalue weighted by Gasteiger charge is -2.18. The number of nitrogens with zero attached hydrogens (tertiary/aromatic N) is 2. The van der Waals surface area contributed by atoms with Crippen LogP contribution in [-0.4, -0.2) is 29.1 Å². The number of pyridine rings is 1. The quantitative estimate of drug-likeness (QED) is 0.898. The van der Waals surface area contributed by atoms with Crippen LogP contribution in [0.1, 0.15) is 12.6 Å². The van der Waals surface area contributed by atoms with Crippen molar-refractivity contribution in [2.45, 2.75) is 13.1 Å². The summed E-state index contributed by atoms with van der Waals surface area (Å²) in [5.74, 6) is -1.45. The first-order chi connectivity index (χ1) is 8.79. The van der Waals surface area contributed by atoms with Gasteiger partial charge in [-0.15, -0.1) is 0 Å². The van der Waals surface area contributed by atoms with Gasteiger partial charge in [0.2, 0.25) is 0 Å². The van der Waals surface area contributed by atoms with Crippen molar-refractivity contribution >= 4 is 11.8 Å². The van der Waals surface area contributed by atoms with Crippen LogP contribution >= 0.6 is 0 Å². The number of alkyl halides is 3. The molecule has 1 saturated heterocycles. The minimum Gasteiger partial charge on any atom is -0.481 e. The van der Waals surface area contributed by atoms with Crippen LogP contribution in [-0.2, 0) is 11.0 Å². The average molecular weight is 274 g/mol. The molecule has 1 fully saturated rings. The summed E-state index contributed by atoms with van der Waals surface area (Å²) in [6, 6.07) is 3.65. The number of aliphatic carboxylic acids is 1. The summed E-state index contributed by atoms with van der Waals surface area (Å²) in [7, 11) is 0. The van der Waals surface area contributed by atoms with Gasteiger partial charge in [0.1, 0.15) is 11.5 Å². The first kappa shape index (κ1) is 13.6. The number of anilines is 1. The highest BCUT2D eigenvalue weighted by molar-refractivity contribution is 5.72. The SMILES string of the molecule is C[C@@H]1CN(c2cccc(C(F)(F)F)n2)C[C@H]1C(=O)O. The maximum absolute atomic E-state index is 12.6. The fourth-order valence-electron chi connectivity index (χ4n) is 2.23. The van der Waals surface area contributed by atoms with E-state index >= 15 is 0 Å². The molecule has 4 nitrogen and oxygen atoms in total. The van der Waals surface area contributed by atoms with Crippen LogP contribution in [0.5, 0.6) is 0 Å². The molecule has 1 aliphatic rings. The lowest BCUT2D eigenvalue weighted by atomic mass is 9.99. The second-order valence-electron chi connectivity index (χ2n) is 4.71. The summed E-state index contributed by atoms with van der Waals surface area (Å²) in [5.41, 5.74) is -0.962. The largest absolute Gasteiger partial charge is 0.481 e. The molecule has 0 bridgehead atoms. The van der Waals surface area contributed by atoms with Crippen LogP contribution in [0.2, 0.25) is 0 Å². The van der Waals surface area contributed by atoms with Crippen molar-refractivity contribution in [1.29, 1.82) is 0 Å². The zero-order chi connectivity index (χ0) is 14.2. The molecule has 1 N–H and O–H groups in total. The average Bonchev–Trinajstić information content (AvgIpc) is 2.70. The molecule has 19 heavy (non-hydrogen) atoms. The van der Waals surface area contributed by atoms with Crippen LogP contribution in [0.4, 0.5) is 19.0 Å². The van der Waals surface area contributed by atoms with E-state index < -0.39 is 23.8 Å². The van der Waals surface area contributed by atoms with Gasteiger partial charge in [0.15, 0.2) is 0 Å². The van der Waals surface area contributed by atoms with Crippen LogP contribution < -0.4 is 4.90 Å². The Kier molecular flexibility index (Phi) is 3.38. The molecule has 1 aromatic rings. The van der Waals surface area contributed by atoms with E-state index in [1.54, 1.807) is 11.8 Å². The smallest absolute Gasteiger partial charge is 0.433 e. The van der Waals surface area contributed by atoms with Crippen LogP contribution in [0.25, 0.3) is 0 Å². The number of aromatic nitrogens is 1. The van der Waals surface area contributed by atoms with Crippen molar-refractivity contribution in [2.24, 2.45) is 11.8 Å². The molecule has 0 spiro atoms. The summed E-state index contributed by atoms with van der Waals surface area (Å²) in [6.07, 6.45) is -4.49. The van der Waals surface area contributed by atoms with Crippen molar-refractivity contribution in [3.8, 4) is 0 Å². The summed E-state index contributed by atoms with van der Waals surface area (Å²) in [6.45, 7) is 2.35. The number of carbonyl (C=O) groups is 1. The number of carboxylic acids is 1. The normalized spacial score (nSPS) is 23.7. The van der Waals surface area contributed by atoms with E-state index in [0.29, 0.717) is 6.54 Å². The maximum Gasteiger partial charge on any atom is 0.433 e. The fraction of sp³-hybridized carbons (Fsp3) is 0.500. The minimum absolute atomic E-state index is 0.117. The van der Waals surface area contributed by atoms with Crippen molar-refractivity contribution in [3.63, 3.8) is 0 Å². The summed E-state index contributed by atoms with van der Waals surface area (Å²) in [5, 5.41) is 9.01. The molecular formula is C12H13F3N2O2. The molecule has 104 valence electrons. The minimum atomic E-state index is -4.49. The van der Waals surface area contributed by atoms with E-state index in [0.717, 1.165) is 6.07 Å². The third-order valence-electron chi connectivity index (χ3n) is 3.28. The molecule has 0 amide bonds. The molecule has 7 heteroatoms. The van der Waals surface area contributed by atoms with Gasteiger partial charge in [0.25, 0.3) is 0 Å². The van der Waals surface area contributed by atoms with E-state index in [4.69, 9.17) is 5.11 Å². The second kappa shape index (κ2) is 4.71. The standard InChI is InChI=1S/C12H13F3N2O2/c1-7-5-17(6-8(7)11(18)19)10-4-2-3-9(16-10)12(13,14)15/h2-4,7-8H,5-6H2,1H3,(H,18,19)/t7-,8-/m1/s1. The van der Waals surface area contributed by atoms with Gasteiger partial charge in [-0.1, -0.05) is 13.0 Å². The van der Waals surface area contributed by atoms with Gasteiger partial charge in [-0.2, -0.15) is 13.2 Å². The number of halogens is 3. The van der Waals surface area contributed by atoms with Gasteiger partial charge >= 0.3 is 12.1 Å². The lowest BCUT2D eigenvalue weighted by molar-refractivity contribution is -0.142. The predicted molar refractivity (Wildman–Crippen MR) is 61.7 cm³/mol. The van der Waals surface area contributed by atoms with Gasteiger partial charge < -0.3 is 10.0 Å². The molecule has 1 aromatic heterocycles. The van der Waals surface area contributed by atoms with Gasteiger partial charge in [-0.25, -0.2) is 4.98 Å². The van der Waals surface area contributed by atoms with Gasteiger partial charge in [0.05, 0.1) is 5.92 Å². The zero-order valence-electron chi connectivity index (χ0n) is 10.2. The van der Waals surface area contributed by atoms with Gasteiger partial charge in [-0.3, -0.25) is 4.79 Å². The Hall–Kier alpha value is -1.79. The first-order valence-electron chi connectivity index (χ1n) is 5.81. The highest BCUT2D eigenvalue weighted by atomic mass is 19.4. The molecule has 0 aliphatic carbocycles. The summed E-state index contributed by atoms with van der Waals surface area (Å²) in [4.78, 5) is 16.1. The molecule has 0 unspecified atom stereocenters. The molecular weight excluding hydrogens is 261 g/mol. The van der Waals surface area contributed by atoms with E-state index in [-0.39, 0.29) is 18.3 Å². The number of hydrogen-bond acceptors (Lipinski definition) is 3. The number of carboxylic acid groups (broad SMARTS) is 1. The Morgan fingerprint density at radius 1 is 1.42 bits per heavy atom. The monoisotopic (exact) mass is 274 g/mol. The molecule has 2 heterocycles. The zero-order valence-corrected chi connectivity index (χ0v) is 10.2. The lowest BCUT2D eigenvalue weighted by Crippen LogP contribution is -2.24. The van der Waals surface area contributed by atoms with Crippen molar-refractivity contribution in [3.05, 3.63) is 23.9 Å². The Labute approximate surface area is 107 Å². The van der Waals surface area contributed by atoms with Gasteiger partial charge in [-0.05, 0) is 18.1 Å². The number of hydrogen-bond donors (Lipinski definition) is 1. The van der Waals surface area contributed by atoms with E-state index in [2.05, 4.69) is 4.98 Å². The third kappa shape index (κ3) is 2.80. The van der Waals surface area contributed by atoms with E-state index in [1.807, 2.05) is 0 Å². The maximum atomic E-state index is 12.6. The first-order valence-corrected chi connectivity index (χ1v) is 5.81. The molecule has 0 saturated carbocycles. The van der Waals surface area contributed by atoms with Crippen LogP contribution in [0.3, 0.4) is 0 Å². The fourth-order valence-corrected chi connectivity index (χ4v) is 2.23. The Bertz CT molecular complexity index is 490. The predicted octanol–water partition coefficient (Wildman–Crippen LogP) is 2.26. The second-order valence-corrected chi connectivity index (χ2v) is 4.71. The molecule has 1 aliphatic heterocycles. The Balaban J connectivity index is 2.22. The molecule has 2 atom stereocenters. The highest BCUT2D eigenvalue weighted by Gasteiger charge is 2.37. The van der Waals surface area contributed by atoms with Crippen LogP contribution in [0, 0.1) is 11.8 Å². The Morgan fingerprint density at radius 3 is 2.63 bits per heavy atom. The van der Waals surface area contributed by atoms with E-state index in [1.165, 1.54) is 12.1 Å². The Morgan fingerprint density at radius 2 is 2.11 bits per heavy atom. The third-order valence-corrected chi connectivity index (χ3v) is 3.28. The summed E-state index contributed by atoms with van der Waals surface area (Å²) >= 11 is 0.